The Morgan fingerprint density at radius 1 is 0.931 bits per heavy atom. The summed E-state index contributed by atoms with van der Waals surface area (Å²) in [6, 6.07) is 22.7. The fourth-order valence-electron chi connectivity index (χ4n) is 3.83. The Bertz CT molecular complexity index is 1160. The van der Waals surface area contributed by atoms with E-state index in [9.17, 15) is 4.79 Å². The van der Waals surface area contributed by atoms with Crippen LogP contribution in [0.25, 0.3) is 11.0 Å². The molecule has 4 aromatic rings. The maximum atomic E-state index is 13.3. The number of amides is 1. The molecule has 1 amide bonds. The van der Waals surface area contributed by atoms with Crippen LogP contribution in [-0.4, -0.2) is 13.0 Å². The molecule has 0 aliphatic carbocycles. The molecular formula is C24H19NO4. The van der Waals surface area contributed by atoms with Gasteiger partial charge in [-0.2, -0.15) is 0 Å². The largest absolute Gasteiger partial charge is 0.457 e. The third-order valence-corrected chi connectivity index (χ3v) is 5.15. The SMILES string of the molecule is COCc1c(C(=O)NC2c3ccccc3Oc3ccccc32)oc2ccccc12. The highest BCUT2D eigenvalue weighted by atomic mass is 16.5. The second kappa shape index (κ2) is 7.11. The summed E-state index contributed by atoms with van der Waals surface area (Å²) in [6.45, 7) is 0.292. The van der Waals surface area contributed by atoms with Gasteiger partial charge in [0.25, 0.3) is 5.91 Å². The summed E-state index contributed by atoms with van der Waals surface area (Å²) in [5.74, 6) is 1.45. The molecule has 29 heavy (non-hydrogen) atoms. The van der Waals surface area contributed by atoms with E-state index in [2.05, 4.69) is 5.32 Å². The van der Waals surface area contributed by atoms with Gasteiger partial charge in [-0.25, -0.2) is 0 Å². The Balaban J connectivity index is 1.57. The molecule has 144 valence electrons. The highest BCUT2D eigenvalue weighted by Gasteiger charge is 2.30. The first-order valence-electron chi connectivity index (χ1n) is 9.42. The van der Waals surface area contributed by atoms with Crippen LogP contribution in [0, 0.1) is 0 Å². The number of methoxy groups -OCH3 is 1. The van der Waals surface area contributed by atoms with Crippen molar-refractivity contribution in [3.8, 4) is 11.5 Å². The number of hydrogen-bond acceptors (Lipinski definition) is 4. The number of hydrogen-bond donors (Lipinski definition) is 1. The molecule has 5 heteroatoms. The van der Waals surface area contributed by atoms with Crippen molar-refractivity contribution in [1.29, 1.82) is 0 Å². The maximum Gasteiger partial charge on any atom is 0.288 e. The molecule has 5 rings (SSSR count). The molecule has 1 N–H and O–H groups in total. The average Bonchev–Trinajstić information content (AvgIpc) is 3.12. The number of carbonyl (C=O) groups is 1. The van der Waals surface area contributed by atoms with Crippen LogP contribution in [0.2, 0.25) is 0 Å². The van der Waals surface area contributed by atoms with Crippen molar-refractivity contribution in [3.63, 3.8) is 0 Å². The summed E-state index contributed by atoms with van der Waals surface area (Å²) >= 11 is 0. The fraction of sp³-hybridized carbons (Fsp3) is 0.125. The van der Waals surface area contributed by atoms with Gasteiger partial charge in [0.2, 0.25) is 0 Å². The minimum Gasteiger partial charge on any atom is -0.457 e. The van der Waals surface area contributed by atoms with Gasteiger partial charge in [-0.1, -0.05) is 54.6 Å². The Hall–Kier alpha value is -3.57. The quantitative estimate of drug-likeness (QED) is 0.524. The number of benzene rings is 3. The Morgan fingerprint density at radius 3 is 2.24 bits per heavy atom. The number of para-hydroxylation sites is 3. The van der Waals surface area contributed by atoms with Crippen LogP contribution in [0.4, 0.5) is 0 Å². The third kappa shape index (κ3) is 2.96. The Morgan fingerprint density at radius 2 is 1.55 bits per heavy atom. The smallest absolute Gasteiger partial charge is 0.288 e. The van der Waals surface area contributed by atoms with E-state index in [4.69, 9.17) is 13.9 Å². The summed E-state index contributed by atoms with van der Waals surface area (Å²) in [5, 5.41) is 4.02. The summed E-state index contributed by atoms with van der Waals surface area (Å²) < 4.78 is 17.2. The van der Waals surface area contributed by atoms with E-state index in [0.29, 0.717) is 12.2 Å². The van der Waals surface area contributed by atoms with Crippen molar-refractivity contribution >= 4 is 16.9 Å². The summed E-state index contributed by atoms with van der Waals surface area (Å²) in [7, 11) is 1.61. The third-order valence-electron chi connectivity index (χ3n) is 5.15. The maximum absolute atomic E-state index is 13.3. The standard InChI is InChI=1S/C24H19NO4/c1-27-14-18-15-8-2-5-11-19(15)29-23(18)24(26)25-22-16-9-3-6-12-20(16)28-21-13-7-4-10-17(21)22/h2-13,22H,14H2,1H3,(H,25,26). The molecule has 0 fully saturated rings. The number of furan rings is 1. The van der Waals surface area contributed by atoms with Crippen LogP contribution in [0.5, 0.6) is 11.5 Å². The Kier molecular flexibility index (Phi) is 4.30. The molecular weight excluding hydrogens is 366 g/mol. The minimum absolute atomic E-state index is 0.273. The topological polar surface area (TPSA) is 60.7 Å². The molecule has 0 radical (unpaired) electrons. The van der Waals surface area contributed by atoms with E-state index >= 15 is 0 Å². The van der Waals surface area contributed by atoms with Gasteiger partial charge in [-0.3, -0.25) is 4.79 Å². The molecule has 5 nitrogen and oxygen atoms in total. The molecule has 0 spiro atoms. The van der Waals surface area contributed by atoms with Gasteiger partial charge in [0.15, 0.2) is 5.76 Å². The van der Waals surface area contributed by atoms with Gasteiger partial charge in [-0.05, 0) is 18.2 Å². The van der Waals surface area contributed by atoms with Crippen LogP contribution in [0.15, 0.2) is 77.2 Å². The first-order chi connectivity index (χ1) is 14.3. The molecule has 0 bridgehead atoms. The normalized spacial score (nSPS) is 12.9. The van der Waals surface area contributed by atoms with Gasteiger partial charge in [0, 0.05) is 29.2 Å². The lowest BCUT2D eigenvalue weighted by molar-refractivity contribution is 0.0909. The van der Waals surface area contributed by atoms with E-state index in [1.807, 2.05) is 72.8 Å². The van der Waals surface area contributed by atoms with Crippen LogP contribution < -0.4 is 10.1 Å². The summed E-state index contributed by atoms with van der Waals surface area (Å²) in [6.07, 6.45) is 0. The average molecular weight is 385 g/mol. The summed E-state index contributed by atoms with van der Waals surface area (Å²) in [5.41, 5.74) is 3.22. The van der Waals surface area contributed by atoms with E-state index in [0.717, 1.165) is 33.6 Å². The minimum atomic E-state index is -0.341. The number of carbonyl (C=O) groups excluding carboxylic acids is 1. The number of fused-ring (bicyclic) bond motifs is 3. The fourth-order valence-corrected chi connectivity index (χ4v) is 3.83. The molecule has 3 aromatic carbocycles. The molecule has 0 unspecified atom stereocenters. The van der Waals surface area contributed by atoms with Crippen molar-refractivity contribution < 1.29 is 18.7 Å². The van der Waals surface area contributed by atoms with Gasteiger partial charge >= 0.3 is 0 Å². The van der Waals surface area contributed by atoms with E-state index in [1.165, 1.54) is 0 Å². The second-order valence-corrected chi connectivity index (χ2v) is 6.92. The van der Waals surface area contributed by atoms with Crippen molar-refractivity contribution in [2.75, 3.05) is 7.11 Å². The molecule has 0 saturated heterocycles. The zero-order valence-corrected chi connectivity index (χ0v) is 15.8. The van der Waals surface area contributed by atoms with Gasteiger partial charge in [-0.15, -0.1) is 0 Å². The van der Waals surface area contributed by atoms with Gasteiger partial charge in [0.05, 0.1) is 12.6 Å². The zero-order valence-electron chi connectivity index (χ0n) is 15.8. The monoisotopic (exact) mass is 385 g/mol. The lowest BCUT2D eigenvalue weighted by atomic mass is 9.94. The molecule has 2 heterocycles. The van der Waals surface area contributed by atoms with Crippen LogP contribution in [-0.2, 0) is 11.3 Å². The number of ether oxygens (including phenoxy) is 2. The summed E-state index contributed by atoms with van der Waals surface area (Å²) in [4.78, 5) is 13.3. The van der Waals surface area contributed by atoms with Gasteiger partial charge < -0.3 is 19.2 Å². The van der Waals surface area contributed by atoms with Crippen molar-refractivity contribution in [1.82, 2.24) is 5.32 Å². The first-order valence-corrected chi connectivity index (χ1v) is 9.42. The predicted molar refractivity (Wildman–Crippen MR) is 109 cm³/mol. The highest BCUT2D eigenvalue weighted by Crippen LogP contribution is 2.42. The van der Waals surface area contributed by atoms with Crippen molar-refractivity contribution in [3.05, 3.63) is 95.2 Å². The lowest BCUT2D eigenvalue weighted by Gasteiger charge is -2.28. The van der Waals surface area contributed by atoms with Gasteiger partial charge in [0.1, 0.15) is 17.1 Å². The zero-order chi connectivity index (χ0) is 19.8. The van der Waals surface area contributed by atoms with Crippen LogP contribution in [0.3, 0.4) is 0 Å². The lowest BCUT2D eigenvalue weighted by Crippen LogP contribution is -2.31. The molecule has 1 aromatic heterocycles. The van der Waals surface area contributed by atoms with E-state index in [1.54, 1.807) is 7.11 Å². The molecule has 1 aliphatic rings. The molecule has 0 saturated carbocycles. The highest BCUT2D eigenvalue weighted by molar-refractivity contribution is 5.99. The first kappa shape index (κ1) is 17.5. The Labute approximate surface area is 167 Å². The number of rotatable bonds is 4. The number of nitrogens with one attached hydrogen (secondary N) is 1. The van der Waals surface area contributed by atoms with Crippen LogP contribution in [0.1, 0.15) is 33.3 Å². The van der Waals surface area contributed by atoms with Crippen molar-refractivity contribution in [2.24, 2.45) is 0 Å². The van der Waals surface area contributed by atoms with Crippen molar-refractivity contribution in [2.45, 2.75) is 12.6 Å². The van der Waals surface area contributed by atoms with E-state index in [-0.39, 0.29) is 17.7 Å². The molecule has 0 atom stereocenters. The van der Waals surface area contributed by atoms with Crippen LogP contribution >= 0.6 is 0 Å². The predicted octanol–water partition coefficient (Wildman–Crippen LogP) is 5.20. The van der Waals surface area contributed by atoms with E-state index < -0.39 is 0 Å². The molecule has 1 aliphatic heterocycles. The second-order valence-electron chi connectivity index (χ2n) is 6.92.